The average molecular weight is 293 g/mol. The summed E-state index contributed by atoms with van der Waals surface area (Å²) in [7, 11) is 0. The molecule has 6 heteroatoms. The molecule has 1 atom stereocenters. The predicted octanol–water partition coefficient (Wildman–Crippen LogP) is 0.856. The number of nitrogens with zero attached hydrogens (tertiary/aromatic N) is 1. The van der Waals surface area contributed by atoms with Crippen molar-refractivity contribution in [3.63, 3.8) is 0 Å². The van der Waals surface area contributed by atoms with Crippen LogP contribution in [0.15, 0.2) is 18.3 Å². The lowest BCUT2D eigenvalue weighted by atomic mass is 10.2. The molecule has 0 aromatic carbocycles. The molecular weight excluding hydrogens is 270 g/mol. The standard InChI is InChI=1S/C15H23N3O3/c16-10-13-9-12(4-6-17-13)15(19)18-5-2-7-20-11-14-3-1-8-21-14/h4,6,9,14H,1-3,5,7-8,10-11,16H2,(H,18,19). The minimum Gasteiger partial charge on any atom is -0.379 e. The molecule has 1 aliphatic rings. The molecule has 3 N–H and O–H groups in total. The monoisotopic (exact) mass is 293 g/mol. The van der Waals surface area contributed by atoms with E-state index in [1.807, 2.05) is 0 Å². The first kappa shape index (κ1) is 15.9. The number of carbonyl (C=O) groups is 1. The maximum Gasteiger partial charge on any atom is 0.251 e. The van der Waals surface area contributed by atoms with E-state index in [1.165, 1.54) is 0 Å². The Labute approximate surface area is 125 Å². The molecule has 21 heavy (non-hydrogen) atoms. The molecule has 2 heterocycles. The number of hydrogen-bond acceptors (Lipinski definition) is 5. The van der Waals surface area contributed by atoms with E-state index in [4.69, 9.17) is 15.2 Å². The van der Waals surface area contributed by atoms with Gasteiger partial charge >= 0.3 is 0 Å². The highest BCUT2D eigenvalue weighted by atomic mass is 16.5. The predicted molar refractivity (Wildman–Crippen MR) is 78.9 cm³/mol. The molecule has 2 rings (SSSR count). The molecule has 0 spiro atoms. The van der Waals surface area contributed by atoms with Crippen LogP contribution in [0.1, 0.15) is 35.3 Å². The summed E-state index contributed by atoms with van der Waals surface area (Å²) in [5.74, 6) is -0.105. The van der Waals surface area contributed by atoms with Gasteiger partial charge in [-0.15, -0.1) is 0 Å². The topological polar surface area (TPSA) is 86.5 Å². The maximum atomic E-state index is 11.9. The fourth-order valence-electron chi connectivity index (χ4n) is 2.20. The molecule has 1 unspecified atom stereocenters. The van der Waals surface area contributed by atoms with Crippen LogP contribution >= 0.6 is 0 Å². The minimum atomic E-state index is -0.105. The lowest BCUT2D eigenvalue weighted by molar-refractivity contribution is 0.0166. The van der Waals surface area contributed by atoms with Crippen LogP contribution in [-0.2, 0) is 16.0 Å². The Kier molecular flexibility index (Phi) is 6.59. The zero-order chi connectivity index (χ0) is 14.9. The SMILES string of the molecule is NCc1cc(C(=O)NCCCOCC2CCCO2)ccn1. The highest BCUT2D eigenvalue weighted by Gasteiger charge is 2.14. The molecule has 0 bridgehead atoms. The Balaban J connectivity index is 1.58. The van der Waals surface area contributed by atoms with Gasteiger partial charge in [0, 0.05) is 38.1 Å². The van der Waals surface area contributed by atoms with Gasteiger partial charge in [0.15, 0.2) is 0 Å². The molecular formula is C15H23N3O3. The second-order valence-electron chi connectivity index (χ2n) is 5.06. The lowest BCUT2D eigenvalue weighted by Gasteiger charge is -2.10. The summed E-state index contributed by atoms with van der Waals surface area (Å²) < 4.78 is 11.0. The maximum absolute atomic E-state index is 11.9. The number of nitrogens with two attached hydrogens (primary N) is 1. The molecule has 1 saturated heterocycles. The first-order valence-corrected chi connectivity index (χ1v) is 7.42. The molecule has 1 aromatic heterocycles. The number of aromatic nitrogens is 1. The number of hydrogen-bond donors (Lipinski definition) is 2. The van der Waals surface area contributed by atoms with Crippen LogP contribution in [0.5, 0.6) is 0 Å². The van der Waals surface area contributed by atoms with Gasteiger partial charge in [-0.3, -0.25) is 9.78 Å². The van der Waals surface area contributed by atoms with E-state index in [2.05, 4.69) is 10.3 Å². The zero-order valence-corrected chi connectivity index (χ0v) is 12.2. The molecule has 0 aliphatic carbocycles. The molecule has 0 saturated carbocycles. The summed E-state index contributed by atoms with van der Waals surface area (Å²) in [5, 5.41) is 2.86. The van der Waals surface area contributed by atoms with Gasteiger partial charge in [-0.2, -0.15) is 0 Å². The van der Waals surface area contributed by atoms with E-state index in [-0.39, 0.29) is 12.0 Å². The average Bonchev–Trinajstić information content (AvgIpc) is 3.04. The smallest absolute Gasteiger partial charge is 0.251 e. The van der Waals surface area contributed by atoms with Crippen molar-refractivity contribution in [2.75, 3.05) is 26.4 Å². The number of carbonyl (C=O) groups excluding carboxylic acids is 1. The molecule has 1 fully saturated rings. The van der Waals surface area contributed by atoms with Gasteiger partial charge in [-0.25, -0.2) is 0 Å². The van der Waals surface area contributed by atoms with Crippen molar-refractivity contribution in [1.29, 1.82) is 0 Å². The van der Waals surface area contributed by atoms with Crippen molar-refractivity contribution in [1.82, 2.24) is 10.3 Å². The normalized spacial score (nSPS) is 17.9. The second kappa shape index (κ2) is 8.71. The summed E-state index contributed by atoms with van der Waals surface area (Å²) in [5.41, 5.74) is 6.80. The van der Waals surface area contributed by atoms with Gasteiger partial charge in [-0.05, 0) is 31.4 Å². The Morgan fingerprint density at radius 1 is 1.57 bits per heavy atom. The van der Waals surface area contributed by atoms with E-state index in [0.717, 1.165) is 25.9 Å². The molecule has 1 aromatic rings. The number of ether oxygens (including phenoxy) is 2. The number of pyridine rings is 1. The Morgan fingerprint density at radius 3 is 3.24 bits per heavy atom. The third-order valence-electron chi connectivity index (χ3n) is 3.37. The summed E-state index contributed by atoms with van der Waals surface area (Å²) in [6, 6.07) is 3.39. The fraction of sp³-hybridized carbons (Fsp3) is 0.600. The number of nitrogens with one attached hydrogen (secondary N) is 1. The van der Waals surface area contributed by atoms with Crippen LogP contribution in [0, 0.1) is 0 Å². The van der Waals surface area contributed by atoms with Gasteiger partial charge in [0.1, 0.15) is 0 Å². The van der Waals surface area contributed by atoms with E-state index in [1.54, 1.807) is 18.3 Å². The third-order valence-corrected chi connectivity index (χ3v) is 3.37. The van der Waals surface area contributed by atoms with Crippen LogP contribution in [0.4, 0.5) is 0 Å². The fourth-order valence-corrected chi connectivity index (χ4v) is 2.20. The van der Waals surface area contributed by atoms with Crippen LogP contribution in [-0.4, -0.2) is 43.4 Å². The van der Waals surface area contributed by atoms with E-state index >= 15 is 0 Å². The van der Waals surface area contributed by atoms with Gasteiger partial charge in [0.25, 0.3) is 5.91 Å². The Morgan fingerprint density at radius 2 is 2.48 bits per heavy atom. The van der Waals surface area contributed by atoms with Crippen molar-refractivity contribution in [2.45, 2.75) is 31.9 Å². The molecule has 6 nitrogen and oxygen atoms in total. The van der Waals surface area contributed by atoms with Crippen molar-refractivity contribution < 1.29 is 14.3 Å². The van der Waals surface area contributed by atoms with Crippen molar-refractivity contribution in [2.24, 2.45) is 5.73 Å². The van der Waals surface area contributed by atoms with Gasteiger partial charge in [0.05, 0.1) is 18.4 Å². The van der Waals surface area contributed by atoms with E-state index in [9.17, 15) is 4.79 Å². The van der Waals surface area contributed by atoms with E-state index in [0.29, 0.717) is 37.6 Å². The van der Waals surface area contributed by atoms with Crippen molar-refractivity contribution in [3.8, 4) is 0 Å². The van der Waals surface area contributed by atoms with E-state index < -0.39 is 0 Å². The Bertz CT molecular complexity index is 448. The molecule has 116 valence electrons. The highest BCUT2D eigenvalue weighted by molar-refractivity contribution is 5.94. The van der Waals surface area contributed by atoms with Gasteiger partial charge in [-0.1, -0.05) is 0 Å². The molecule has 1 aliphatic heterocycles. The van der Waals surface area contributed by atoms with Crippen LogP contribution < -0.4 is 11.1 Å². The third kappa shape index (κ3) is 5.41. The van der Waals surface area contributed by atoms with Crippen LogP contribution in [0.25, 0.3) is 0 Å². The molecule has 1 amide bonds. The quantitative estimate of drug-likeness (QED) is 0.694. The number of amides is 1. The Hall–Kier alpha value is -1.50. The summed E-state index contributed by atoms with van der Waals surface area (Å²) in [6.45, 7) is 3.05. The zero-order valence-electron chi connectivity index (χ0n) is 12.2. The van der Waals surface area contributed by atoms with Crippen molar-refractivity contribution in [3.05, 3.63) is 29.6 Å². The molecule has 0 radical (unpaired) electrons. The lowest BCUT2D eigenvalue weighted by Crippen LogP contribution is -2.26. The first-order valence-electron chi connectivity index (χ1n) is 7.42. The minimum absolute atomic E-state index is 0.105. The second-order valence-corrected chi connectivity index (χ2v) is 5.06. The summed E-state index contributed by atoms with van der Waals surface area (Å²) in [6.07, 6.45) is 4.85. The van der Waals surface area contributed by atoms with Crippen molar-refractivity contribution >= 4 is 5.91 Å². The van der Waals surface area contributed by atoms with Crippen LogP contribution in [0.3, 0.4) is 0 Å². The largest absolute Gasteiger partial charge is 0.379 e. The summed E-state index contributed by atoms with van der Waals surface area (Å²) >= 11 is 0. The first-order chi connectivity index (χ1) is 10.3. The van der Waals surface area contributed by atoms with Gasteiger partial charge in [0.2, 0.25) is 0 Å². The highest BCUT2D eigenvalue weighted by Crippen LogP contribution is 2.11. The summed E-state index contributed by atoms with van der Waals surface area (Å²) in [4.78, 5) is 16.0. The van der Waals surface area contributed by atoms with Gasteiger partial charge < -0.3 is 20.5 Å². The van der Waals surface area contributed by atoms with Crippen LogP contribution in [0.2, 0.25) is 0 Å². The number of rotatable bonds is 8.